The lowest BCUT2D eigenvalue weighted by atomic mass is 10.2. The third-order valence-electron chi connectivity index (χ3n) is 3.79. The van der Waals surface area contributed by atoms with E-state index in [1.807, 2.05) is 0 Å². The number of hydrogen-bond acceptors (Lipinski definition) is 4. The van der Waals surface area contributed by atoms with Crippen LogP contribution in [0, 0.1) is 0 Å². The largest absolute Gasteiger partial charge is 0.355 e. The Bertz CT molecular complexity index is 252. The minimum Gasteiger partial charge on any atom is -0.355 e. The minimum atomic E-state index is 0.110. The molecule has 1 aliphatic heterocycles. The number of nitrogens with one attached hydrogen (secondary N) is 2. The molecule has 0 aromatic rings. The summed E-state index contributed by atoms with van der Waals surface area (Å²) in [6.45, 7) is 11.1. The van der Waals surface area contributed by atoms with Gasteiger partial charge in [-0.2, -0.15) is 0 Å². The van der Waals surface area contributed by atoms with Gasteiger partial charge in [-0.15, -0.1) is 0 Å². The van der Waals surface area contributed by atoms with E-state index in [4.69, 9.17) is 0 Å². The highest BCUT2D eigenvalue weighted by Crippen LogP contribution is 1.99. The van der Waals surface area contributed by atoms with Crippen molar-refractivity contribution in [2.45, 2.75) is 32.7 Å². The molecule has 0 aromatic heterocycles. The normalized spacial score (nSPS) is 19.3. The van der Waals surface area contributed by atoms with Crippen molar-refractivity contribution in [3.05, 3.63) is 0 Å². The molecule has 1 amide bonds. The topological polar surface area (TPSA) is 47.6 Å². The van der Waals surface area contributed by atoms with Crippen LogP contribution in [0.5, 0.6) is 0 Å². The summed E-state index contributed by atoms with van der Waals surface area (Å²) in [5.74, 6) is 0.110. The minimum absolute atomic E-state index is 0.110. The van der Waals surface area contributed by atoms with Crippen LogP contribution in [0.25, 0.3) is 0 Å². The Morgan fingerprint density at radius 1 is 1.26 bits per heavy atom. The summed E-state index contributed by atoms with van der Waals surface area (Å²) >= 11 is 0. The van der Waals surface area contributed by atoms with Crippen molar-refractivity contribution in [2.75, 3.05) is 52.9 Å². The second-order valence-electron chi connectivity index (χ2n) is 5.54. The maximum Gasteiger partial charge on any atom is 0.233 e. The Hall–Kier alpha value is -0.650. The van der Waals surface area contributed by atoms with Crippen LogP contribution in [0.3, 0.4) is 0 Å². The highest BCUT2D eigenvalue weighted by molar-refractivity contribution is 5.77. The second kappa shape index (κ2) is 9.28. The number of nitrogens with zero attached hydrogens (tertiary/aromatic N) is 2. The van der Waals surface area contributed by atoms with E-state index < -0.39 is 0 Å². The fraction of sp³-hybridized carbons (Fsp3) is 0.929. The third kappa shape index (κ3) is 7.50. The molecule has 1 fully saturated rings. The van der Waals surface area contributed by atoms with E-state index in [-0.39, 0.29) is 5.91 Å². The molecule has 5 nitrogen and oxygen atoms in total. The van der Waals surface area contributed by atoms with Gasteiger partial charge >= 0.3 is 0 Å². The molecule has 1 rings (SSSR count). The Morgan fingerprint density at radius 2 is 1.95 bits per heavy atom. The number of carbonyl (C=O) groups excluding carboxylic acids is 1. The first-order chi connectivity index (χ1) is 9.11. The van der Waals surface area contributed by atoms with Gasteiger partial charge < -0.3 is 20.4 Å². The van der Waals surface area contributed by atoms with Crippen molar-refractivity contribution < 1.29 is 4.79 Å². The number of piperazine rings is 1. The fourth-order valence-corrected chi connectivity index (χ4v) is 2.08. The first-order valence-corrected chi connectivity index (χ1v) is 7.52. The van der Waals surface area contributed by atoms with E-state index in [1.165, 1.54) is 0 Å². The summed E-state index contributed by atoms with van der Waals surface area (Å²) in [6.07, 6.45) is 2.09. The summed E-state index contributed by atoms with van der Waals surface area (Å²) in [4.78, 5) is 16.4. The molecule has 0 bridgehead atoms. The Kier molecular flexibility index (Phi) is 8.02. The van der Waals surface area contributed by atoms with Crippen molar-refractivity contribution in [1.82, 2.24) is 20.4 Å². The molecule has 0 aliphatic carbocycles. The first-order valence-electron chi connectivity index (χ1n) is 7.52. The predicted molar refractivity (Wildman–Crippen MR) is 79.3 cm³/mol. The number of rotatable bonds is 8. The zero-order valence-electron chi connectivity index (χ0n) is 12.7. The number of hydrogen-bond donors (Lipinski definition) is 2. The van der Waals surface area contributed by atoms with Gasteiger partial charge in [0.25, 0.3) is 0 Å². The fourth-order valence-electron chi connectivity index (χ4n) is 2.08. The lowest BCUT2D eigenvalue weighted by molar-refractivity contribution is -0.120. The average molecular weight is 270 g/mol. The maximum absolute atomic E-state index is 11.6. The lowest BCUT2D eigenvalue weighted by Crippen LogP contribution is -2.45. The first kappa shape index (κ1) is 16.4. The molecule has 1 atom stereocenters. The van der Waals surface area contributed by atoms with Crippen molar-refractivity contribution in [3.63, 3.8) is 0 Å². The summed E-state index contributed by atoms with van der Waals surface area (Å²) in [7, 11) is 2.17. The van der Waals surface area contributed by atoms with E-state index in [2.05, 4.69) is 41.3 Å². The molecule has 0 spiro atoms. The van der Waals surface area contributed by atoms with Crippen LogP contribution in [0.4, 0.5) is 0 Å². The summed E-state index contributed by atoms with van der Waals surface area (Å²) in [6, 6.07) is 0.413. The van der Waals surface area contributed by atoms with Crippen molar-refractivity contribution >= 4 is 5.91 Å². The van der Waals surface area contributed by atoms with Crippen LogP contribution in [-0.2, 0) is 4.79 Å². The lowest BCUT2D eigenvalue weighted by Gasteiger charge is -2.32. The van der Waals surface area contributed by atoms with Gasteiger partial charge in [0.15, 0.2) is 0 Å². The van der Waals surface area contributed by atoms with Crippen molar-refractivity contribution in [1.29, 1.82) is 0 Å². The van der Waals surface area contributed by atoms with Crippen LogP contribution in [0.1, 0.15) is 26.7 Å². The number of likely N-dealkylation sites (N-methyl/N-ethyl adjacent to an activating group) is 1. The number of amides is 1. The molecular formula is C14H30N4O. The van der Waals surface area contributed by atoms with Gasteiger partial charge in [0.1, 0.15) is 0 Å². The van der Waals surface area contributed by atoms with Gasteiger partial charge in [-0.25, -0.2) is 0 Å². The third-order valence-corrected chi connectivity index (χ3v) is 3.79. The molecule has 0 saturated carbocycles. The van der Waals surface area contributed by atoms with Gasteiger partial charge in [-0.05, 0) is 33.4 Å². The van der Waals surface area contributed by atoms with E-state index >= 15 is 0 Å². The van der Waals surface area contributed by atoms with Gasteiger partial charge in [-0.1, -0.05) is 6.92 Å². The van der Waals surface area contributed by atoms with Gasteiger partial charge in [-0.3, -0.25) is 4.79 Å². The zero-order chi connectivity index (χ0) is 14.1. The SMILES string of the molecule is CCC(C)NCC(=O)NCCCN1CCN(C)CC1. The molecule has 1 heterocycles. The summed E-state index contributed by atoms with van der Waals surface area (Å²) < 4.78 is 0. The molecule has 0 aromatic carbocycles. The van der Waals surface area contributed by atoms with E-state index in [9.17, 15) is 4.79 Å². The molecule has 1 unspecified atom stereocenters. The predicted octanol–water partition coefficient (Wildman–Crippen LogP) is 0.128. The van der Waals surface area contributed by atoms with Crippen LogP contribution >= 0.6 is 0 Å². The molecule has 0 radical (unpaired) electrons. The highest BCUT2D eigenvalue weighted by Gasteiger charge is 2.12. The maximum atomic E-state index is 11.6. The van der Waals surface area contributed by atoms with Crippen LogP contribution < -0.4 is 10.6 Å². The van der Waals surface area contributed by atoms with Crippen molar-refractivity contribution in [2.24, 2.45) is 0 Å². The average Bonchev–Trinajstić information content (AvgIpc) is 2.42. The standard InChI is InChI=1S/C14H30N4O/c1-4-13(2)16-12-14(19)15-6-5-7-18-10-8-17(3)9-11-18/h13,16H,4-12H2,1-3H3,(H,15,19). The molecule has 5 heteroatoms. The van der Waals surface area contributed by atoms with Crippen LogP contribution in [0.2, 0.25) is 0 Å². The van der Waals surface area contributed by atoms with Crippen LogP contribution in [0.15, 0.2) is 0 Å². The van der Waals surface area contributed by atoms with E-state index in [1.54, 1.807) is 0 Å². The molecule has 2 N–H and O–H groups in total. The molecular weight excluding hydrogens is 240 g/mol. The molecule has 19 heavy (non-hydrogen) atoms. The van der Waals surface area contributed by atoms with E-state index in [0.29, 0.717) is 12.6 Å². The second-order valence-corrected chi connectivity index (χ2v) is 5.54. The van der Waals surface area contributed by atoms with Gasteiger partial charge in [0.05, 0.1) is 6.54 Å². The van der Waals surface area contributed by atoms with Crippen LogP contribution in [-0.4, -0.2) is 74.6 Å². The Balaban J connectivity index is 1.96. The molecule has 1 aliphatic rings. The monoisotopic (exact) mass is 270 g/mol. The molecule has 112 valence electrons. The Labute approximate surface area is 117 Å². The van der Waals surface area contributed by atoms with Gasteiger partial charge in [0, 0.05) is 38.8 Å². The zero-order valence-corrected chi connectivity index (χ0v) is 12.7. The number of carbonyl (C=O) groups is 1. The summed E-state index contributed by atoms with van der Waals surface area (Å²) in [5.41, 5.74) is 0. The Morgan fingerprint density at radius 3 is 2.58 bits per heavy atom. The van der Waals surface area contributed by atoms with Crippen molar-refractivity contribution in [3.8, 4) is 0 Å². The quantitative estimate of drug-likeness (QED) is 0.616. The highest BCUT2D eigenvalue weighted by atomic mass is 16.1. The van der Waals surface area contributed by atoms with E-state index in [0.717, 1.165) is 52.1 Å². The summed E-state index contributed by atoms with van der Waals surface area (Å²) in [5, 5.41) is 6.17. The van der Waals surface area contributed by atoms with Gasteiger partial charge in [0.2, 0.25) is 5.91 Å². The smallest absolute Gasteiger partial charge is 0.233 e. The molecule has 1 saturated heterocycles.